The van der Waals surface area contributed by atoms with Crippen LogP contribution in [0.15, 0.2) is 41.8 Å². The molecule has 0 spiro atoms. The van der Waals surface area contributed by atoms with E-state index in [0.29, 0.717) is 0 Å². The number of benzene rings is 1. The SMILES string of the molecule is CCC1c2ccsc2CCN1C(=O)/C=C/c1ccc(C)cc1. The van der Waals surface area contributed by atoms with Crippen LogP contribution in [0.25, 0.3) is 6.08 Å². The normalized spacial score (nSPS) is 17.7. The third-order valence-electron chi connectivity index (χ3n) is 4.26. The molecule has 114 valence electrons. The fourth-order valence-electron chi connectivity index (χ4n) is 3.04. The van der Waals surface area contributed by atoms with E-state index in [1.54, 1.807) is 6.08 Å². The lowest BCUT2D eigenvalue weighted by molar-refractivity contribution is -0.128. The molecule has 0 N–H and O–H groups in total. The summed E-state index contributed by atoms with van der Waals surface area (Å²) in [6.07, 6.45) is 5.57. The predicted molar refractivity (Wildman–Crippen MR) is 93.0 cm³/mol. The highest BCUT2D eigenvalue weighted by atomic mass is 32.1. The van der Waals surface area contributed by atoms with Gasteiger partial charge in [-0.3, -0.25) is 4.79 Å². The number of hydrogen-bond acceptors (Lipinski definition) is 2. The molecule has 1 amide bonds. The Hall–Kier alpha value is -1.87. The molecule has 1 aromatic carbocycles. The van der Waals surface area contributed by atoms with Gasteiger partial charge in [-0.15, -0.1) is 11.3 Å². The Balaban J connectivity index is 1.76. The molecule has 0 bridgehead atoms. The summed E-state index contributed by atoms with van der Waals surface area (Å²) in [6.45, 7) is 5.04. The van der Waals surface area contributed by atoms with Crippen molar-refractivity contribution in [2.45, 2.75) is 32.7 Å². The quantitative estimate of drug-likeness (QED) is 0.758. The van der Waals surface area contributed by atoms with Gasteiger partial charge in [0.15, 0.2) is 0 Å². The zero-order valence-corrected chi connectivity index (χ0v) is 13.9. The summed E-state index contributed by atoms with van der Waals surface area (Å²) in [5, 5.41) is 2.14. The molecular formula is C19H21NOS. The average molecular weight is 311 g/mol. The minimum absolute atomic E-state index is 0.115. The number of fused-ring (bicyclic) bond motifs is 1. The van der Waals surface area contributed by atoms with E-state index in [9.17, 15) is 4.79 Å². The highest BCUT2D eigenvalue weighted by molar-refractivity contribution is 7.10. The molecule has 1 unspecified atom stereocenters. The Morgan fingerprint density at radius 1 is 1.32 bits per heavy atom. The van der Waals surface area contributed by atoms with Crippen molar-refractivity contribution >= 4 is 23.3 Å². The number of thiophene rings is 1. The molecule has 0 radical (unpaired) electrons. The molecule has 1 atom stereocenters. The molecule has 1 aromatic heterocycles. The summed E-state index contributed by atoms with van der Waals surface area (Å²) in [4.78, 5) is 16.0. The molecular weight excluding hydrogens is 290 g/mol. The van der Waals surface area contributed by atoms with E-state index < -0.39 is 0 Å². The standard InChI is InChI=1S/C19H21NOS/c1-3-17-16-11-13-22-18(16)10-12-20(17)19(21)9-8-15-6-4-14(2)5-7-15/h4-9,11,13,17H,3,10,12H2,1-2H3/b9-8+. The van der Waals surface area contributed by atoms with Crippen LogP contribution in [0, 0.1) is 6.92 Å². The molecule has 3 heteroatoms. The predicted octanol–water partition coefficient (Wildman–Crippen LogP) is 4.61. The molecule has 1 aliphatic rings. The highest BCUT2D eigenvalue weighted by Crippen LogP contribution is 2.35. The van der Waals surface area contributed by atoms with E-state index in [-0.39, 0.29) is 11.9 Å². The van der Waals surface area contributed by atoms with E-state index in [2.05, 4.69) is 37.4 Å². The number of carbonyl (C=O) groups is 1. The monoisotopic (exact) mass is 311 g/mol. The summed E-state index contributed by atoms with van der Waals surface area (Å²) in [5.74, 6) is 0.115. The van der Waals surface area contributed by atoms with Crippen LogP contribution >= 0.6 is 11.3 Å². The molecule has 2 heterocycles. The van der Waals surface area contributed by atoms with Crippen molar-refractivity contribution in [2.75, 3.05) is 6.54 Å². The van der Waals surface area contributed by atoms with Crippen LogP contribution < -0.4 is 0 Å². The van der Waals surface area contributed by atoms with Crippen molar-refractivity contribution in [3.8, 4) is 0 Å². The minimum Gasteiger partial charge on any atom is -0.332 e. The van der Waals surface area contributed by atoms with E-state index in [0.717, 1.165) is 24.9 Å². The average Bonchev–Trinajstić information content (AvgIpc) is 3.01. The van der Waals surface area contributed by atoms with Gasteiger partial charge >= 0.3 is 0 Å². The van der Waals surface area contributed by atoms with E-state index in [4.69, 9.17) is 0 Å². The second kappa shape index (κ2) is 6.49. The van der Waals surface area contributed by atoms with Crippen molar-refractivity contribution in [3.63, 3.8) is 0 Å². The third kappa shape index (κ3) is 3.00. The summed E-state index contributed by atoms with van der Waals surface area (Å²) >= 11 is 1.81. The summed E-state index contributed by atoms with van der Waals surface area (Å²) < 4.78 is 0. The maximum Gasteiger partial charge on any atom is 0.247 e. The van der Waals surface area contributed by atoms with E-state index in [1.807, 2.05) is 34.4 Å². The van der Waals surface area contributed by atoms with Gasteiger partial charge in [0, 0.05) is 17.5 Å². The van der Waals surface area contributed by atoms with Gasteiger partial charge in [0.25, 0.3) is 0 Å². The van der Waals surface area contributed by atoms with Gasteiger partial charge in [-0.05, 0) is 48.4 Å². The lowest BCUT2D eigenvalue weighted by Gasteiger charge is -2.34. The first kappa shape index (κ1) is 15.0. The molecule has 22 heavy (non-hydrogen) atoms. The van der Waals surface area contributed by atoms with Gasteiger partial charge in [0.05, 0.1) is 6.04 Å². The number of hydrogen-bond donors (Lipinski definition) is 0. The number of aryl methyl sites for hydroxylation is 1. The number of carbonyl (C=O) groups excluding carboxylic acids is 1. The highest BCUT2D eigenvalue weighted by Gasteiger charge is 2.29. The van der Waals surface area contributed by atoms with Crippen molar-refractivity contribution in [1.82, 2.24) is 4.90 Å². The van der Waals surface area contributed by atoms with E-state index >= 15 is 0 Å². The van der Waals surface area contributed by atoms with Gasteiger partial charge < -0.3 is 4.90 Å². The Bertz CT molecular complexity index is 684. The largest absolute Gasteiger partial charge is 0.332 e. The first-order chi connectivity index (χ1) is 10.7. The fourth-order valence-corrected chi connectivity index (χ4v) is 3.97. The van der Waals surface area contributed by atoms with Crippen molar-refractivity contribution in [1.29, 1.82) is 0 Å². The van der Waals surface area contributed by atoms with Crippen molar-refractivity contribution in [3.05, 3.63) is 63.4 Å². The summed E-state index contributed by atoms with van der Waals surface area (Å²) in [6, 6.07) is 10.6. The van der Waals surface area contributed by atoms with Crippen LogP contribution in [0.4, 0.5) is 0 Å². The third-order valence-corrected chi connectivity index (χ3v) is 5.26. The Labute approximate surface area is 136 Å². The molecule has 2 nitrogen and oxygen atoms in total. The van der Waals surface area contributed by atoms with Crippen LogP contribution in [-0.2, 0) is 11.2 Å². The zero-order valence-electron chi connectivity index (χ0n) is 13.1. The molecule has 2 aromatic rings. The molecule has 0 saturated carbocycles. The number of amides is 1. The van der Waals surface area contributed by atoms with Crippen LogP contribution in [-0.4, -0.2) is 17.4 Å². The summed E-state index contributed by atoms with van der Waals surface area (Å²) in [5.41, 5.74) is 3.65. The maximum absolute atomic E-state index is 12.6. The van der Waals surface area contributed by atoms with Crippen LogP contribution in [0.1, 0.15) is 41.0 Å². The zero-order chi connectivity index (χ0) is 15.5. The van der Waals surface area contributed by atoms with E-state index in [1.165, 1.54) is 16.0 Å². The Morgan fingerprint density at radius 2 is 2.09 bits per heavy atom. The molecule has 0 aliphatic carbocycles. The lowest BCUT2D eigenvalue weighted by Crippen LogP contribution is -2.38. The topological polar surface area (TPSA) is 20.3 Å². The first-order valence-corrected chi connectivity index (χ1v) is 8.68. The second-order valence-corrected chi connectivity index (χ2v) is 6.75. The van der Waals surface area contributed by atoms with Gasteiger partial charge in [-0.2, -0.15) is 0 Å². The van der Waals surface area contributed by atoms with Gasteiger partial charge in [-0.25, -0.2) is 0 Å². The Morgan fingerprint density at radius 3 is 2.82 bits per heavy atom. The maximum atomic E-state index is 12.6. The van der Waals surface area contributed by atoms with Crippen molar-refractivity contribution < 1.29 is 4.79 Å². The van der Waals surface area contributed by atoms with Gasteiger partial charge in [0.1, 0.15) is 0 Å². The second-order valence-electron chi connectivity index (χ2n) is 5.75. The summed E-state index contributed by atoms with van der Waals surface area (Å²) in [7, 11) is 0. The molecule has 3 rings (SSSR count). The van der Waals surface area contributed by atoms with Gasteiger partial charge in [-0.1, -0.05) is 36.8 Å². The number of nitrogens with zero attached hydrogens (tertiary/aromatic N) is 1. The Kier molecular flexibility index (Phi) is 4.44. The molecule has 1 aliphatic heterocycles. The molecule has 0 saturated heterocycles. The van der Waals surface area contributed by atoms with Crippen LogP contribution in [0.2, 0.25) is 0 Å². The minimum atomic E-state index is 0.115. The van der Waals surface area contributed by atoms with Crippen molar-refractivity contribution in [2.24, 2.45) is 0 Å². The van der Waals surface area contributed by atoms with Crippen LogP contribution in [0.3, 0.4) is 0 Å². The van der Waals surface area contributed by atoms with Gasteiger partial charge in [0.2, 0.25) is 5.91 Å². The smallest absolute Gasteiger partial charge is 0.247 e. The molecule has 0 fully saturated rings. The number of rotatable bonds is 3. The lowest BCUT2D eigenvalue weighted by atomic mass is 9.97. The van der Waals surface area contributed by atoms with Crippen LogP contribution in [0.5, 0.6) is 0 Å². The first-order valence-electron chi connectivity index (χ1n) is 7.80. The fraction of sp³-hybridized carbons (Fsp3) is 0.316.